The molecular weight excluding hydrogens is 453 g/mol. The number of aldehydes is 1. The Morgan fingerprint density at radius 1 is 1.15 bits per heavy atom. The van der Waals surface area contributed by atoms with Gasteiger partial charge in [0.25, 0.3) is 0 Å². The van der Waals surface area contributed by atoms with E-state index in [-0.39, 0.29) is 11.0 Å². The number of fused-ring (bicyclic) bond motifs is 1. The van der Waals surface area contributed by atoms with Crippen LogP contribution in [0.25, 0.3) is 11.0 Å². The number of ether oxygens (including phenoxy) is 1. The van der Waals surface area contributed by atoms with Crippen LogP contribution >= 0.6 is 0 Å². The monoisotopic (exact) mass is 484 g/mol. The third kappa shape index (κ3) is 7.78. The molecule has 0 aliphatic carbocycles. The van der Waals surface area contributed by atoms with Crippen molar-refractivity contribution < 1.29 is 31.9 Å². The van der Waals surface area contributed by atoms with Crippen molar-refractivity contribution in [2.24, 2.45) is 0 Å². The van der Waals surface area contributed by atoms with Crippen molar-refractivity contribution in [3.63, 3.8) is 0 Å². The molecule has 0 fully saturated rings. The van der Waals surface area contributed by atoms with E-state index in [1.807, 2.05) is 6.92 Å². The molecular formula is C24H31F3N2O5. The lowest BCUT2D eigenvalue weighted by molar-refractivity contribution is -0.136. The molecule has 7 nitrogen and oxygen atoms in total. The van der Waals surface area contributed by atoms with E-state index in [1.54, 1.807) is 13.8 Å². The van der Waals surface area contributed by atoms with Gasteiger partial charge in [-0.3, -0.25) is 0 Å². The average Bonchev–Trinajstić information content (AvgIpc) is 2.75. The summed E-state index contributed by atoms with van der Waals surface area (Å²) in [5, 5.41) is 5.09. The Kier molecular flexibility index (Phi) is 9.52. The maximum atomic E-state index is 13.4. The normalized spacial score (nSPS) is 11.9. The summed E-state index contributed by atoms with van der Waals surface area (Å²) in [6.07, 6.45) is 0.165. The quantitative estimate of drug-likeness (QED) is 0.252. The van der Waals surface area contributed by atoms with E-state index < -0.39 is 28.9 Å². The van der Waals surface area contributed by atoms with E-state index in [0.717, 1.165) is 19.3 Å². The van der Waals surface area contributed by atoms with Crippen LogP contribution in [0.4, 0.5) is 18.0 Å². The van der Waals surface area contributed by atoms with E-state index in [4.69, 9.17) is 9.15 Å². The van der Waals surface area contributed by atoms with Crippen LogP contribution in [0.5, 0.6) is 5.75 Å². The minimum atomic E-state index is -4.67. The largest absolute Gasteiger partial charge is 0.493 e. The van der Waals surface area contributed by atoms with Crippen molar-refractivity contribution in [3.8, 4) is 5.75 Å². The second-order valence-electron chi connectivity index (χ2n) is 8.63. The summed E-state index contributed by atoms with van der Waals surface area (Å²) >= 11 is 0. The first-order valence-corrected chi connectivity index (χ1v) is 11.3. The first-order chi connectivity index (χ1) is 16.0. The molecule has 34 heavy (non-hydrogen) atoms. The smallest absolute Gasteiger partial charge is 0.417 e. The Bertz CT molecular complexity index is 1050. The molecule has 0 saturated carbocycles. The summed E-state index contributed by atoms with van der Waals surface area (Å²) < 4.78 is 51.1. The summed E-state index contributed by atoms with van der Waals surface area (Å²) in [4.78, 5) is 34.3. The molecule has 0 unspecified atom stereocenters. The third-order valence-electron chi connectivity index (χ3n) is 5.12. The summed E-state index contributed by atoms with van der Waals surface area (Å²) in [6.45, 7) is 5.90. The van der Waals surface area contributed by atoms with Crippen molar-refractivity contribution in [3.05, 3.63) is 39.7 Å². The highest BCUT2D eigenvalue weighted by molar-refractivity contribution is 5.85. The standard InChI is InChI=1S/C24H31F3N2O5/c1-4-9-17-19(11-10-16-18(24(25,26)27)14-20(31)34-21(16)17)33-13-8-6-5-7-12-28-22(32)29-23(2,3)15-30/h10-11,14-15H,4-9,12-13H2,1-3H3,(H2,28,29,32). The molecule has 2 aromatic rings. The second-order valence-corrected chi connectivity index (χ2v) is 8.63. The van der Waals surface area contributed by atoms with Crippen LogP contribution in [-0.4, -0.2) is 31.0 Å². The van der Waals surface area contributed by atoms with E-state index in [2.05, 4.69) is 10.6 Å². The van der Waals surface area contributed by atoms with Crippen LogP contribution in [0.15, 0.2) is 27.4 Å². The number of carbonyl (C=O) groups excluding carboxylic acids is 2. The summed E-state index contributed by atoms with van der Waals surface area (Å²) in [5.74, 6) is 0.410. The zero-order valence-corrected chi connectivity index (χ0v) is 19.6. The van der Waals surface area contributed by atoms with Gasteiger partial charge >= 0.3 is 17.8 Å². The highest BCUT2D eigenvalue weighted by atomic mass is 19.4. The summed E-state index contributed by atoms with van der Waals surface area (Å²) in [5.41, 5.74) is -2.61. The Labute approximate surface area is 196 Å². The minimum Gasteiger partial charge on any atom is -0.493 e. The number of alkyl halides is 3. The van der Waals surface area contributed by atoms with Gasteiger partial charge in [-0.1, -0.05) is 26.2 Å². The molecule has 2 amide bonds. The second kappa shape index (κ2) is 11.9. The molecule has 10 heteroatoms. The molecule has 1 heterocycles. The van der Waals surface area contributed by atoms with Gasteiger partial charge in [0.2, 0.25) is 0 Å². The van der Waals surface area contributed by atoms with Gasteiger partial charge < -0.3 is 24.6 Å². The first kappa shape index (κ1) is 27.2. The van der Waals surface area contributed by atoms with Crippen LogP contribution < -0.4 is 21.0 Å². The van der Waals surface area contributed by atoms with Gasteiger partial charge in [-0.2, -0.15) is 13.2 Å². The van der Waals surface area contributed by atoms with Crippen molar-refractivity contribution >= 4 is 23.3 Å². The lowest BCUT2D eigenvalue weighted by atomic mass is 10.0. The molecule has 0 saturated heterocycles. The maximum absolute atomic E-state index is 13.4. The number of nitrogens with one attached hydrogen (secondary N) is 2. The summed E-state index contributed by atoms with van der Waals surface area (Å²) in [6, 6.07) is 2.84. The molecule has 1 aromatic carbocycles. The zero-order chi connectivity index (χ0) is 25.4. The molecule has 2 rings (SSSR count). The number of hydrogen-bond acceptors (Lipinski definition) is 5. The Balaban J connectivity index is 1.90. The Morgan fingerprint density at radius 3 is 2.50 bits per heavy atom. The van der Waals surface area contributed by atoms with Gasteiger partial charge in [0.05, 0.1) is 17.7 Å². The number of benzene rings is 1. The van der Waals surface area contributed by atoms with Crippen molar-refractivity contribution in [1.29, 1.82) is 0 Å². The van der Waals surface area contributed by atoms with Gasteiger partial charge in [-0.15, -0.1) is 0 Å². The maximum Gasteiger partial charge on any atom is 0.417 e. The highest BCUT2D eigenvalue weighted by Gasteiger charge is 2.34. The molecule has 1 aromatic heterocycles. The highest BCUT2D eigenvalue weighted by Crippen LogP contribution is 2.37. The fraction of sp³-hybridized carbons (Fsp3) is 0.542. The molecule has 0 aliphatic heterocycles. The van der Waals surface area contributed by atoms with Gasteiger partial charge in [-0.25, -0.2) is 9.59 Å². The number of urea groups is 1. The molecule has 0 aliphatic rings. The number of halogens is 3. The number of carbonyl (C=O) groups is 2. The van der Waals surface area contributed by atoms with Crippen LogP contribution in [0.3, 0.4) is 0 Å². The number of unbranched alkanes of at least 4 members (excludes halogenated alkanes) is 3. The van der Waals surface area contributed by atoms with Crippen LogP contribution in [0.2, 0.25) is 0 Å². The topological polar surface area (TPSA) is 97.6 Å². The zero-order valence-electron chi connectivity index (χ0n) is 19.6. The van der Waals surface area contributed by atoms with Gasteiger partial charge in [0, 0.05) is 23.6 Å². The van der Waals surface area contributed by atoms with Crippen molar-refractivity contribution in [1.82, 2.24) is 10.6 Å². The lowest BCUT2D eigenvalue weighted by Crippen LogP contribution is -2.49. The van der Waals surface area contributed by atoms with E-state index >= 15 is 0 Å². The first-order valence-electron chi connectivity index (χ1n) is 11.3. The number of rotatable bonds is 12. The van der Waals surface area contributed by atoms with Crippen LogP contribution in [0.1, 0.15) is 64.0 Å². The van der Waals surface area contributed by atoms with Crippen LogP contribution in [-0.2, 0) is 17.4 Å². The molecule has 2 N–H and O–H groups in total. The van der Waals surface area contributed by atoms with E-state index in [1.165, 1.54) is 12.1 Å². The number of aryl methyl sites for hydroxylation is 1. The van der Waals surface area contributed by atoms with Gasteiger partial charge in [0.15, 0.2) is 0 Å². The molecule has 0 spiro atoms. The predicted molar refractivity (Wildman–Crippen MR) is 122 cm³/mol. The third-order valence-corrected chi connectivity index (χ3v) is 5.12. The molecule has 0 bridgehead atoms. The predicted octanol–water partition coefficient (Wildman–Crippen LogP) is 4.98. The van der Waals surface area contributed by atoms with E-state index in [9.17, 15) is 27.6 Å². The minimum absolute atomic E-state index is 0.0821. The molecule has 188 valence electrons. The Morgan fingerprint density at radius 2 is 1.85 bits per heavy atom. The lowest BCUT2D eigenvalue weighted by Gasteiger charge is -2.19. The van der Waals surface area contributed by atoms with Crippen molar-refractivity contribution in [2.75, 3.05) is 13.2 Å². The Hall–Kier alpha value is -3.04. The van der Waals surface area contributed by atoms with Crippen LogP contribution in [0, 0.1) is 0 Å². The van der Waals surface area contributed by atoms with Gasteiger partial charge in [0.1, 0.15) is 17.6 Å². The number of amides is 2. The molecule has 0 radical (unpaired) electrons. The fourth-order valence-electron chi connectivity index (χ4n) is 3.45. The van der Waals surface area contributed by atoms with Crippen molar-refractivity contribution in [2.45, 2.75) is 71.0 Å². The van der Waals surface area contributed by atoms with E-state index in [0.29, 0.717) is 56.1 Å². The summed E-state index contributed by atoms with van der Waals surface area (Å²) in [7, 11) is 0. The SMILES string of the molecule is CCCc1c(OCCCCCCNC(=O)NC(C)(C)C=O)ccc2c(C(F)(F)F)cc(=O)oc12. The van der Waals surface area contributed by atoms with Gasteiger partial charge in [-0.05, 0) is 45.2 Å². The molecule has 0 atom stereocenters. The average molecular weight is 485 g/mol. The fourth-order valence-corrected chi connectivity index (χ4v) is 3.45. The number of hydrogen-bond donors (Lipinski definition) is 2.